The van der Waals surface area contributed by atoms with E-state index >= 15 is 0 Å². The summed E-state index contributed by atoms with van der Waals surface area (Å²) in [6.45, 7) is 3.51. The number of para-hydroxylation sites is 1. The molecule has 1 saturated heterocycles. The molecule has 4 nitrogen and oxygen atoms in total. The maximum atomic E-state index is 13.5. The van der Waals surface area contributed by atoms with Gasteiger partial charge in [0.05, 0.1) is 6.54 Å². The van der Waals surface area contributed by atoms with Gasteiger partial charge in [-0.2, -0.15) is 0 Å². The molecular formula is C15H21F2N3O. The normalized spacial score (nSPS) is 23.0. The Kier molecular flexibility index (Phi) is 5.25. The SMILES string of the molecule is CC1CCN(CC(=O)Nc2c(F)cccc2F)C(CN)C1. The fourth-order valence-electron chi connectivity index (χ4n) is 2.73. The fourth-order valence-corrected chi connectivity index (χ4v) is 2.73. The average molecular weight is 297 g/mol. The lowest BCUT2D eigenvalue weighted by Gasteiger charge is -2.37. The number of halogens is 2. The van der Waals surface area contributed by atoms with E-state index in [4.69, 9.17) is 5.73 Å². The van der Waals surface area contributed by atoms with Crippen molar-refractivity contribution < 1.29 is 13.6 Å². The highest BCUT2D eigenvalue weighted by Gasteiger charge is 2.27. The molecule has 116 valence electrons. The van der Waals surface area contributed by atoms with Gasteiger partial charge in [-0.25, -0.2) is 8.78 Å². The number of rotatable bonds is 4. The first-order chi connectivity index (χ1) is 10.0. The lowest BCUT2D eigenvalue weighted by atomic mass is 9.92. The van der Waals surface area contributed by atoms with Gasteiger partial charge in [0.15, 0.2) is 0 Å². The molecule has 1 fully saturated rings. The van der Waals surface area contributed by atoms with E-state index in [1.54, 1.807) is 0 Å². The van der Waals surface area contributed by atoms with Crippen LogP contribution in [0.4, 0.5) is 14.5 Å². The first-order valence-corrected chi connectivity index (χ1v) is 7.19. The molecule has 2 rings (SSSR count). The summed E-state index contributed by atoms with van der Waals surface area (Å²) in [5.41, 5.74) is 5.35. The van der Waals surface area contributed by atoms with Crippen molar-refractivity contribution in [3.8, 4) is 0 Å². The first-order valence-electron chi connectivity index (χ1n) is 7.19. The van der Waals surface area contributed by atoms with Crippen molar-refractivity contribution in [1.29, 1.82) is 0 Å². The van der Waals surface area contributed by atoms with E-state index in [0.29, 0.717) is 12.5 Å². The van der Waals surface area contributed by atoms with Crippen LogP contribution in [0.5, 0.6) is 0 Å². The number of piperidine rings is 1. The Morgan fingerprint density at radius 3 is 2.71 bits per heavy atom. The largest absolute Gasteiger partial charge is 0.329 e. The van der Waals surface area contributed by atoms with Gasteiger partial charge >= 0.3 is 0 Å². The fraction of sp³-hybridized carbons (Fsp3) is 0.533. The lowest BCUT2D eigenvalue weighted by molar-refractivity contribution is -0.118. The third-order valence-corrected chi connectivity index (χ3v) is 3.95. The number of likely N-dealkylation sites (tertiary alicyclic amines) is 1. The molecule has 1 amide bonds. The lowest BCUT2D eigenvalue weighted by Crippen LogP contribution is -2.49. The summed E-state index contributed by atoms with van der Waals surface area (Å²) in [6.07, 6.45) is 1.94. The van der Waals surface area contributed by atoms with Crippen LogP contribution >= 0.6 is 0 Å². The third kappa shape index (κ3) is 3.98. The molecule has 0 spiro atoms. The highest BCUT2D eigenvalue weighted by Crippen LogP contribution is 2.22. The first kappa shape index (κ1) is 15.9. The van der Waals surface area contributed by atoms with Gasteiger partial charge in [0.25, 0.3) is 0 Å². The second-order valence-corrected chi connectivity index (χ2v) is 5.63. The number of hydrogen-bond donors (Lipinski definition) is 2. The van der Waals surface area contributed by atoms with E-state index in [1.807, 2.05) is 4.90 Å². The molecular weight excluding hydrogens is 276 g/mol. The molecule has 2 atom stereocenters. The molecule has 0 aromatic heterocycles. The summed E-state index contributed by atoms with van der Waals surface area (Å²) in [6, 6.07) is 3.63. The molecule has 1 heterocycles. The minimum atomic E-state index is -0.772. The number of nitrogens with two attached hydrogens (primary N) is 1. The summed E-state index contributed by atoms with van der Waals surface area (Å²) >= 11 is 0. The number of anilines is 1. The Labute approximate surface area is 123 Å². The minimum absolute atomic E-state index is 0.0996. The van der Waals surface area contributed by atoms with Gasteiger partial charge in [0, 0.05) is 12.6 Å². The van der Waals surface area contributed by atoms with Gasteiger partial charge in [0.1, 0.15) is 17.3 Å². The Bertz CT molecular complexity index is 489. The number of nitrogens with zero attached hydrogens (tertiary/aromatic N) is 1. The number of nitrogens with one attached hydrogen (secondary N) is 1. The van der Waals surface area contributed by atoms with Crippen LogP contribution in [0.15, 0.2) is 18.2 Å². The smallest absolute Gasteiger partial charge is 0.238 e. The van der Waals surface area contributed by atoms with Crippen LogP contribution in [0.1, 0.15) is 19.8 Å². The quantitative estimate of drug-likeness (QED) is 0.893. The van der Waals surface area contributed by atoms with Crippen LogP contribution in [0.25, 0.3) is 0 Å². The minimum Gasteiger partial charge on any atom is -0.329 e. The van der Waals surface area contributed by atoms with Crippen molar-refractivity contribution in [3.05, 3.63) is 29.8 Å². The third-order valence-electron chi connectivity index (χ3n) is 3.95. The van der Waals surface area contributed by atoms with Gasteiger partial charge in [-0.1, -0.05) is 13.0 Å². The maximum Gasteiger partial charge on any atom is 0.238 e. The molecule has 1 aromatic carbocycles. The van der Waals surface area contributed by atoms with Crippen molar-refractivity contribution in [3.63, 3.8) is 0 Å². The number of hydrogen-bond acceptors (Lipinski definition) is 3. The van der Waals surface area contributed by atoms with Crippen molar-refractivity contribution in [2.45, 2.75) is 25.8 Å². The highest BCUT2D eigenvalue weighted by molar-refractivity contribution is 5.92. The number of carbonyl (C=O) groups is 1. The average Bonchev–Trinajstić information content (AvgIpc) is 2.45. The van der Waals surface area contributed by atoms with E-state index in [1.165, 1.54) is 6.07 Å². The van der Waals surface area contributed by atoms with E-state index in [2.05, 4.69) is 12.2 Å². The summed E-state index contributed by atoms with van der Waals surface area (Å²) in [5.74, 6) is -1.38. The highest BCUT2D eigenvalue weighted by atomic mass is 19.1. The summed E-state index contributed by atoms with van der Waals surface area (Å²) < 4.78 is 27.0. The summed E-state index contributed by atoms with van der Waals surface area (Å²) in [5, 5.41) is 2.31. The van der Waals surface area contributed by atoms with Crippen LogP contribution in [0.3, 0.4) is 0 Å². The van der Waals surface area contributed by atoms with E-state index in [9.17, 15) is 13.6 Å². The van der Waals surface area contributed by atoms with Crippen LogP contribution in [0, 0.1) is 17.6 Å². The van der Waals surface area contributed by atoms with Crippen molar-refractivity contribution >= 4 is 11.6 Å². The zero-order valence-corrected chi connectivity index (χ0v) is 12.1. The number of amides is 1. The van der Waals surface area contributed by atoms with E-state index in [0.717, 1.165) is 31.5 Å². The van der Waals surface area contributed by atoms with Gasteiger partial charge in [-0.3, -0.25) is 9.69 Å². The Hall–Kier alpha value is -1.53. The maximum absolute atomic E-state index is 13.5. The zero-order chi connectivity index (χ0) is 15.4. The molecule has 21 heavy (non-hydrogen) atoms. The molecule has 3 N–H and O–H groups in total. The number of carbonyl (C=O) groups excluding carboxylic acids is 1. The molecule has 1 aliphatic rings. The molecule has 0 aliphatic carbocycles. The predicted octanol–water partition coefficient (Wildman–Crippen LogP) is 1.96. The Morgan fingerprint density at radius 1 is 1.43 bits per heavy atom. The second-order valence-electron chi connectivity index (χ2n) is 5.63. The Balaban J connectivity index is 1.98. The molecule has 1 aliphatic heterocycles. The van der Waals surface area contributed by atoms with Crippen LogP contribution in [-0.2, 0) is 4.79 Å². The molecule has 0 bridgehead atoms. The van der Waals surface area contributed by atoms with Gasteiger partial charge in [-0.15, -0.1) is 0 Å². The summed E-state index contributed by atoms with van der Waals surface area (Å²) in [4.78, 5) is 14.0. The monoisotopic (exact) mass is 297 g/mol. The number of benzene rings is 1. The van der Waals surface area contributed by atoms with Gasteiger partial charge < -0.3 is 11.1 Å². The Morgan fingerprint density at radius 2 is 2.10 bits per heavy atom. The topological polar surface area (TPSA) is 58.4 Å². The van der Waals surface area contributed by atoms with Crippen LogP contribution in [-0.4, -0.2) is 36.5 Å². The molecule has 2 unspecified atom stereocenters. The summed E-state index contributed by atoms with van der Waals surface area (Å²) in [7, 11) is 0. The van der Waals surface area contributed by atoms with E-state index in [-0.39, 0.29) is 12.6 Å². The van der Waals surface area contributed by atoms with Crippen molar-refractivity contribution in [2.75, 3.05) is 25.0 Å². The van der Waals surface area contributed by atoms with Crippen molar-refractivity contribution in [1.82, 2.24) is 4.90 Å². The van der Waals surface area contributed by atoms with Crippen LogP contribution < -0.4 is 11.1 Å². The van der Waals surface area contributed by atoms with Gasteiger partial charge in [-0.05, 0) is 37.4 Å². The molecule has 0 saturated carbocycles. The second kappa shape index (κ2) is 6.95. The van der Waals surface area contributed by atoms with Crippen molar-refractivity contribution in [2.24, 2.45) is 11.7 Å². The predicted molar refractivity (Wildman–Crippen MR) is 77.8 cm³/mol. The van der Waals surface area contributed by atoms with Gasteiger partial charge in [0.2, 0.25) is 5.91 Å². The standard InChI is InChI=1S/C15H21F2N3O/c1-10-5-6-20(11(7-10)8-18)9-14(21)19-15-12(16)3-2-4-13(15)17/h2-4,10-11H,5-9,18H2,1H3,(H,19,21). The zero-order valence-electron chi connectivity index (χ0n) is 12.1. The van der Waals surface area contributed by atoms with Crippen LogP contribution in [0.2, 0.25) is 0 Å². The molecule has 0 radical (unpaired) electrons. The molecule has 1 aromatic rings. The molecule has 6 heteroatoms. The van der Waals surface area contributed by atoms with E-state index < -0.39 is 23.2 Å².